The molecule has 1 heterocycles. The topological polar surface area (TPSA) is 77.5 Å². The molecule has 0 aromatic heterocycles. The normalized spacial score (nSPS) is 15.3. The molecule has 1 aliphatic rings. The van der Waals surface area contributed by atoms with Crippen LogP contribution >= 0.6 is 63.7 Å². The van der Waals surface area contributed by atoms with Crippen LogP contribution in [0.3, 0.4) is 0 Å². The lowest BCUT2D eigenvalue weighted by atomic mass is 10.0. The van der Waals surface area contributed by atoms with Gasteiger partial charge in [0, 0.05) is 17.9 Å². The van der Waals surface area contributed by atoms with E-state index in [0.29, 0.717) is 17.9 Å². The van der Waals surface area contributed by atoms with Gasteiger partial charge < -0.3 is 9.90 Å². The van der Waals surface area contributed by atoms with Gasteiger partial charge in [0.05, 0.1) is 23.1 Å². The fourth-order valence-electron chi connectivity index (χ4n) is 2.40. The zero-order chi connectivity index (χ0) is 17.6. The summed E-state index contributed by atoms with van der Waals surface area (Å²) in [6, 6.07) is -1.31. The molecule has 1 aromatic carbocycles. The van der Waals surface area contributed by atoms with Gasteiger partial charge in [-0.3, -0.25) is 14.5 Å². The van der Waals surface area contributed by atoms with Gasteiger partial charge in [-0.05, 0) is 76.1 Å². The molecule has 2 rings (SSSR count). The number of imide groups is 1. The molecule has 0 spiro atoms. The lowest BCUT2D eigenvalue weighted by Gasteiger charge is -2.28. The van der Waals surface area contributed by atoms with Crippen molar-refractivity contribution >= 4 is 81.5 Å². The molecule has 1 atom stereocenters. The van der Waals surface area contributed by atoms with Crippen molar-refractivity contribution in [1.82, 2.24) is 4.90 Å². The Balaban J connectivity index is 2.64. The third-order valence-corrected chi connectivity index (χ3v) is 8.18. The van der Waals surface area contributed by atoms with Crippen molar-refractivity contribution in [2.24, 2.45) is 5.92 Å². The Morgan fingerprint density at radius 2 is 1.35 bits per heavy atom. The van der Waals surface area contributed by atoms with Gasteiger partial charge in [-0.1, -0.05) is 13.8 Å². The van der Waals surface area contributed by atoms with Crippen LogP contribution in [-0.4, -0.2) is 28.7 Å². The second-order valence-corrected chi connectivity index (χ2v) is 8.62. The number of hydrogen-bond donors (Lipinski definition) is 0. The molecule has 0 saturated heterocycles. The zero-order valence-corrected chi connectivity index (χ0v) is 18.3. The maximum absolute atomic E-state index is 12.7. The van der Waals surface area contributed by atoms with Crippen molar-refractivity contribution in [3.8, 4) is 0 Å². The summed E-state index contributed by atoms with van der Waals surface area (Å²) in [5, 5.41) is 11.5. The Morgan fingerprint density at radius 3 is 1.65 bits per heavy atom. The number of carbonyl (C=O) groups excluding carboxylic acids is 3. The maximum atomic E-state index is 12.7. The zero-order valence-electron chi connectivity index (χ0n) is 12.0. The van der Waals surface area contributed by atoms with E-state index in [9.17, 15) is 19.5 Å². The summed E-state index contributed by atoms with van der Waals surface area (Å²) in [7, 11) is 0. The summed E-state index contributed by atoms with van der Waals surface area (Å²) >= 11 is 13.2. The lowest BCUT2D eigenvalue weighted by Crippen LogP contribution is -2.51. The highest BCUT2D eigenvalue weighted by molar-refractivity contribution is 9.15. The van der Waals surface area contributed by atoms with E-state index in [1.165, 1.54) is 0 Å². The summed E-state index contributed by atoms with van der Waals surface area (Å²) in [6.07, 6.45) is 0.130. The minimum absolute atomic E-state index is 0.0208. The predicted octanol–water partition coefficient (Wildman–Crippen LogP) is 3.50. The fraction of sp³-hybridized carbons (Fsp3) is 0.357. The molecular formula is C14H10Br4NO4-. The van der Waals surface area contributed by atoms with Crippen LogP contribution in [-0.2, 0) is 4.79 Å². The van der Waals surface area contributed by atoms with Crippen LogP contribution in [0.5, 0.6) is 0 Å². The second kappa shape index (κ2) is 6.93. The van der Waals surface area contributed by atoms with Crippen LogP contribution in [0, 0.1) is 5.92 Å². The SMILES string of the molecule is CC(C)C[C@H](C(=O)[O-])N1C(=O)c2c(Br)c(Br)c(Br)c(Br)c2C1=O. The molecule has 1 aliphatic heterocycles. The minimum Gasteiger partial charge on any atom is -0.548 e. The third kappa shape index (κ3) is 3.17. The van der Waals surface area contributed by atoms with Gasteiger partial charge in [-0.15, -0.1) is 0 Å². The van der Waals surface area contributed by atoms with Crippen molar-refractivity contribution < 1.29 is 19.5 Å². The Kier molecular flexibility index (Phi) is 5.75. The van der Waals surface area contributed by atoms with Crippen molar-refractivity contribution in [1.29, 1.82) is 0 Å². The molecular weight excluding hydrogens is 566 g/mol. The van der Waals surface area contributed by atoms with Crippen molar-refractivity contribution in [3.63, 3.8) is 0 Å². The van der Waals surface area contributed by atoms with E-state index >= 15 is 0 Å². The van der Waals surface area contributed by atoms with Crippen LogP contribution in [0.25, 0.3) is 0 Å². The van der Waals surface area contributed by atoms with Gasteiger partial charge in [0.25, 0.3) is 11.8 Å². The number of rotatable bonds is 4. The van der Waals surface area contributed by atoms with E-state index in [-0.39, 0.29) is 23.5 Å². The fourth-order valence-corrected chi connectivity index (χ4v) is 4.86. The minimum atomic E-state index is -1.45. The number of nitrogens with zero attached hydrogens (tertiary/aromatic N) is 1. The first-order chi connectivity index (χ1) is 10.6. The van der Waals surface area contributed by atoms with Crippen LogP contribution in [0.15, 0.2) is 17.9 Å². The first-order valence-electron chi connectivity index (χ1n) is 6.54. The lowest BCUT2D eigenvalue weighted by molar-refractivity contribution is -0.310. The number of aliphatic carboxylic acids is 1. The summed E-state index contributed by atoms with van der Waals surface area (Å²) in [5.41, 5.74) is 0.263. The van der Waals surface area contributed by atoms with Crippen molar-refractivity contribution in [2.75, 3.05) is 0 Å². The van der Waals surface area contributed by atoms with E-state index in [1.807, 2.05) is 13.8 Å². The Hall–Kier alpha value is -0.250. The quantitative estimate of drug-likeness (QED) is 0.313. The van der Waals surface area contributed by atoms with Crippen molar-refractivity contribution in [2.45, 2.75) is 26.3 Å². The summed E-state index contributed by atoms with van der Waals surface area (Å²) < 4.78 is 1.90. The van der Waals surface area contributed by atoms with E-state index in [2.05, 4.69) is 63.7 Å². The van der Waals surface area contributed by atoms with E-state index in [4.69, 9.17) is 0 Å². The molecule has 0 saturated carbocycles. The molecule has 0 radical (unpaired) electrons. The highest BCUT2D eigenvalue weighted by Crippen LogP contribution is 2.45. The molecule has 0 aliphatic carbocycles. The number of hydrogen-bond acceptors (Lipinski definition) is 4. The van der Waals surface area contributed by atoms with Crippen molar-refractivity contribution in [3.05, 3.63) is 29.0 Å². The highest BCUT2D eigenvalue weighted by Gasteiger charge is 2.44. The number of fused-ring (bicyclic) bond motifs is 1. The standard InChI is InChI=1S/C14H11Br4NO4/c1-4(2)3-5(14(22)23)19-12(20)6-7(13(19)21)9(16)11(18)10(17)8(6)15/h4-5H,3H2,1-2H3,(H,22,23)/p-1/t5-/m1/s1. The largest absolute Gasteiger partial charge is 0.548 e. The van der Waals surface area contributed by atoms with Gasteiger partial charge in [0.2, 0.25) is 0 Å². The molecule has 5 nitrogen and oxygen atoms in total. The molecule has 0 fully saturated rings. The number of benzene rings is 1. The van der Waals surface area contributed by atoms with Crippen LogP contribution < -0.4 is 5.11 Å². The third-order valence-electron chi connectivity index (χ3n) is 3.41. The average Bonchev–Trinajstić information content (AvgIpc) is 2.71. The Labute approximate surface area is 166 Å². The van der Waals surface area contributed by atoms with E-state index < -0.39 is 23.8 Å². The van der Waals surface area contributed by atoms with E-state index in [0.717, 1.165) is 4.90 Å². The number of halogens is 4. The van der Waals surface area contributed by atoms with Crippen LogP contribution in [0.1, 0.15) is 41.0 Å². The van der Waals surface area contributed by atoms with E-state index in [1.54, 1.807) is 0 Å². The molecule has 124 valence electrons. The first kappa shape index (κ1) is 19.1. The summed E-state index contributed by atoms with van der Waals surface area (Å²) in [6.45, 7) is 3.63. The Morgan fingerprint density at radius 1 is 0.957 bits per heavy atom. The van der Waals surface area contributed by atoms with Gasteiger partial charge in [-0.2, -0.15) is 0 Å². The number of carbonyl (C=O) groups is 3. The van der Waals surface area contributed by atoms with Crippen LogP contribution in [0.4, 0.5) is 0 Å². The average molecular weight is 576 g/mol. The summed E-state index contributed by atoms with van der Waals surface area (Å²) in [5.74, 6) is -2.77. The van der Waals surface area contributed by atoms with Gasteiger partial charge in [0.1, 0.15) is 0 Å². The Bertz CT molecular complexity index is 685. The molecule has 0 unspecified atom stereocenters. The second-order valence-electron chi connectivity index (χ2n) is 5.45. The molecule has 1 aromatic rings. The smallest absolute Gasteiger partial charge is 0.263 e. The van der Waals surface area contributed by atoms with Gasteiger partial charge >= 0.3 is 0 Å². The predicted molar refractivity (Wildman–Crippen MR) is 96.0 cm³/mol. The molecule has 2 amide bonds. The maximum Gasteiger partial charge on any atom is 0.263 e. The highest BCUT2D eigenvalue weighted by atomic mass is 79.9. The van der Waals surface area contributed by atoms with Gasteiger partial charge in [-0.25, -0.2) is 0 Å². The van der Waals surface area contributed by atoms with Gasteiger partial charge in [0.15, 0.2) is 0 Å². The van der Waals surface area contributed by atoms with Crippen LogP contribution in [0.2, 0.25) is 0 Å². The molecule has 9 heteroatoms. The number of amides is 2. The molecule has 0 bridgehead atoms. The monoisotopic (exact) mass is 572 g/mol. The number of carboxylic acid groups (broad SMARTS) is 1. The number of carboxylic acids is 1. The first-order valence-corrected chi connectivity index (χ1v) is 9.71. The molecule has 23 heavy (non-hydrogen) atoms. The molecule has 0 N–H and O–H groups in total. The summed E-state index contributed by atoms with van der Waals surface area (Å²) in [4.78, 5) is 37.6.